The van der Waals surface area contributed by atoms with E-state index >= 15 is 0 Å². The Bertz CT molecular complexity index is 563. The number of hydrogen-bond acceptors (Lipinski definition) is 3. The molecule has 2 rings (SSSR count). The molecule has 1 aliphatic rings. The molecule has 0 bridgehead atoms. The van der Waals surface area contributed by atoms with Crippen LogP contribution in [0.4, 0.5) is 5.69 Å². The molecule has 21 heavy (non-hydrogen) atoms. The van der Waals surface area contributed by atoms with Crippen LogP contribution >= 0.6 is 11.8 Å². The first kappa shape index (κ1) is 15.6. The second-order valence-electron chi connectivity index (χ2n) is 4.89. The molecule has 2 amide bonds. The third-order valence-electron chi connectivity index (χ3n) is 3.13. The maximum absolute atomic E-state index is 12.3. The summed E-state index contributed by atoms with van der Waals surface area (Å²) in [6, 6.07) is 7.60. The first-order valence-corrected chi connectivity index (χ1v) is 8.06. The Morgan fingerprint density at radius 2 is 1.90 bits per heavy atom. The number of benzene rings is 1. The van der Waals surface area contributed by atoms with E-state index in [0.717, 1.165) is 36.5 Å². The number of hydrogen-bond donors (Lipinski definition) is 1. The fraction of sp³-hybridized carbons (Fsp3) is 0.375. The predicted molar refractivity (Wildman–Crippen MR) is 86.2 cm³/mol. The van der Waals surface area contributed by atoms with Gasteiger partial charge in [-0.2, -0.15) is 0 Å². The van der Waals surface area contributed by atoms with E-state index in [4.69, 9.17) is 0 Å². The average Bonchev–Trinajstić information content (AvgIpc) is 2.47. The van der Waals surface area contributed by atoms with Gasteiger partial charge in [0.1, 0.15) is 0 Å². The second kappa shape index (κ2) is 7.31. The molecule has 1 N–H and O–H groups in total. The first-order chi connectivity index (χ1) is 10.2. The molecule has 0 saturated carbocycles. The standard InChI is InChI=1S/C16H20N2O2S/c1-3-9-18(10-4-2)15(19)11-14-16(20)17-12-7-5-6-8-13(12)21-14/h5-8,11H,3-4,9-10H2,1-2H3,(H,17,20). The van der Waals surface area contributed by atoms with Crippen LogP contribution in [0.2, 0.25) is 0 Å². The normalized spacial score (nSPS) is 15.5. The van der Waals surface area contributed by atoms with Gasteiger partial charge in [-0.3, -0.25) is 9.59 Å². The molecule has 4 nitrogen and oxygen atoms in total. The molecule has 0 radical (unpaired) electrons. The maximum Gasteiger partial charge on any atom is 0.262 e. The van der Waals surface area contributed by atoms with E-state index in [1.54, 1.807) is 4.90 Å². The molecule has 0 fully saturated rings. The van der Waals surface area contributed by atoms with E-state index in [1.165, 1.54) is 17.8 Å². The predicted octanol–water partition coefficient (Wildman–Crippen LogP) is 3.26. The minimum absolute atomic E-state index is 0.0873. The number of carbonyl (C=O) groups excluding carboxylic acids is 2. The zero-order valence-corrected chi connectivity index (χ0v) is 13.2. The molecular formula is C16H20N2O2S. The van der Waals surface area contributed by atoms with Gasteiger partial charge in [-0.15, -0.1) is 0 Å². The topological polar surface area (TPSA) is 49.4 Å². The number of nitrogens with zero attached hydrogens (tertiary/aromatic N) is 1. The molecule has 1 heterocycles. The van der Waals surface area contributed by atoms with Crippen LogP contribution < -0.4 is 5.32 Å². The largest absolute Gasteiger partial charge is 0.339 e. The van der Waals surface area contributed by atoms with Crippen molar-refractivity contribution in [2.75, 3.05) is 18.4 Å². The molecule has 5 heteroatoms. The Hall–Kier alpha value is -1.75. The molecule has 0 unspecified atom stereocenters. The summed E-state index contributed by atoms with van der Waals surface area (Å²) in [5.41, 5.74) is 0.802. The second-order valence-corrected chi connectivity index (χ2v) is 5.97. The highest BCUT2D eigenvalue weighted by molar-refractivity contribution is 8.04. The van der Waals surface area contributed by atoms with E-state index in [0.29, 0.717) is 4.91 Å². The summed E-state index contributed by atoms with van der Waals surface area (Å²) in [5.74, 6) is -0.296. The van der Waals surface area contributed by atoms with Crippen LogP contribution in [0.5, 0.6) is 0 Å². The van der Waals surface area contributed by atoms with Gasteiger partial charge in [0.25, 0.3) is 5.91 Å². The third kappa shape index (κ3) is 3.88. The van der Waals surface area contributed by atoms with Gasteiger partial charge in [-0.1, -0.05) is 37.7 Å². The van der Waals surface area contributed by atoms with E-state index in [2.05, 4.69) is 5.32 Å². The average molecular weight is 304 g/mol. The van der Waals surface area contributed by atoms with Crippen molar-refractivity contribution >= 4 is 29.3 Å². The number of anilines is 1. The van der Waals surface area contributed by atoms with Gasteiger partial charge in [0.15, 0.2) is 0 Å². The lowest BCUT2D eigenvalue weighted by atomic mass is 10.3. The number of nitrogens with one attached hydrogen (secondary N) is 1. The Labute approximate surface area is 129 Å². The molecule has 0 saturated heterocycles. The molecule has 0 aromatic heterocycles. The molecule has 0 spiro atoms. The van der Waals surface area contributed by atoms with Crippen LogP contribution in [0.3, 0.4) is 0 Å². The lowest BCUT2D eigenvalue weighted by molar-refractivity contribution is -0.126. The smallest absolute Gasteiger partial charge is 0.262 e. The summed E-state index contributed by atoms with van der Waals surface area (Å²) in [6.07, 6.45) is 3.29. The van der Waals surface area contributed by atoms with Gasteiger partial charge in [0.05, 0.1) is 10.6 Å². The van der Waals surface area contributed by atoms with Gasteiger partial charge in [-0.05, 0) is 25.0 Å². The van der Waals surface area contributed by atoms with Crippen molar-refractivity contribution in [1.82, 2.24) is 4.90 Å². The summed E-state index contributed by atoms with van der Waals surface area (Å²) >= 11 is 1.35. The van der Waals surface area contributed by atoms with Gasteiger partial charge in [0, 0.05) is 24.1 Å². The van der Waals surface area contributed by atoms with Crippen LogP contribution in [-0.2, 0) is 9.59 Å². The molecular weight excluding hydrogens is 284 g/mol. The Kier molecular flexibility index (Phi) is 5.44. The summed E-state index contributed by atoms with van der Waals surface area (Å²) in [7, 11) is 0. The third-order valence-corrected chi connectivity index (χ3v) is 4.23. The van der Waals surface area contributed by atoms with Crippen molar-refractivity contribution in [3.05, 3.63) is 35.2 Å². The highest BCUT2D eigenvalue weighted by Gasteiger charge is 2.22. The number of thioether (sulfide) groups is 1. The van der Waals surface area contributed by atoms with E-state index < -0.39 is 0 Å². The van der Waals surface area contributed by atoms with E-state index in [-0.39, 0.29) is 11.8 Å². The van der Waals surface area contributed by atoms with Crippen LogP contribution in [0.15, 0.2) is 40.1 Å². The Morgan fingerprint density at radius 1 is 1.24 bits per heavy atom. The fourth-order valence-corrected chi connectivity index (χ4v) is 3.09. The minimum atomic E-state index is -0.208. The monoisotopic (exact) mass is 304 g/mol. The fourth-order valence-electron chi connectivity index (χ4n) is 2.18. The summed E-state index contributed by atoms with van der Waals surface area (Å²) < 4.78 is 0. The summed E-state index contributed by atoms with van der Waals surface area (Å²) in [5, 5.41) is 2.82. The maximum atomic E-state index is 12.3. The molecule has 0 aliphatic carbocycles. The number of rotatable bonds is 5. The summed E-state index contributed by atoms with van der Waals surface area (Å²) in [4.78, 5) is 27.6. The number of amides is 2. The van der Waals surface area contributed by atoms with Crippen LogP contribution in [0.1, 0.15) is 26.7 Å². The van der Waals surface area contributed by atoms with E-state index in [9.17, 15) is 9.59 Å². The zero-order chi connectivity index (χ0) is 15.2. The number of fused-ring (bicyclic) bond motifs is 1. The summed E-state index contributed by atoms with van der Waals surface area (Å²) in [6.45, 7) is 5.53. The van der Waals surface area contributed by atoms with Gasteiger partial charge in [-0.25, -0.2) is 0 Å². The van der Waals surface area contributed by atoms with Gasteiger partial charge in [0.2, 0.25) is 5.91 Å². The van der Waals surface area contributed by atoms with Crippen molar-refractivity contribution < 1.29 is 9.59 Å². The van der Waals surface area contributed by atoms with Crippen molar-refractivity contribution in [3.63, 3.8) is 0 Å². The van der Waals surface area contributed by atoms with Crippen LogP contribution in [0.25, 0.3) is 0 Å². The SMILES string of the molecule is CCCN(CCC)C(=O)C=C1Sc2ccccc2NC1=O. The lowest BCUT2D eigenvalue weighted by Crippen LogP contribution is -2.32. The van der Waals surface area contributed by atoms with Crippen molar-refractivity contribution in [1.29, 1.82) is 0 Å². The highest BCUT2D eigenvalue weighted by Crippen LogP contribution is 2.37. The molecule has 0 atom stereocenters. The van der Waals surface area contributed by atoms with Crippen LogP contribution in [0, 0.1) is 0 Å². The molecule has 1 aromatic rings. The van der Waals surface area contributed by atoms with Crippen LogP contribution in [-0.4, -0.2) is 29.8 Å². The quantitative estimate of drug-likeness (QED) is 0.849. The highest BCUT2D eigenvalue weighted by atomic mass is 32.2. The Morgan fingerprint density at radius 3 is 2.57 bits per heavy atom. The van der Waals surface area contributed by atoms with Crippen molar-refractivity contribution in [2.45, 2.75) is 31.6 Å². The molecule has 1 aliphatic heterocycles. The number of para-hydroxylation sites is 1. The number of carbonyl (C=O) groups is 2. The zero-order valence-electron chi connectivity index (χ0n) is 12.4. The minimum Gasteiger partial charge on any atom is -0.339 e. The van der Waals surface area contributed by atoms with Crippen molar-refractivity contribution in [3.8, 4) is 0 Å². The molecule has 1 aromatic carbocycles. The Balaban J connectivity index is 2.17. The van der Waals surface area contributed by atoms with Crippen molar-refractivity contribution in [2.24, 2.45) is 0 Å². The van der Waals surface area contributed by atoms with Gasteiger partial charge < -0.3 is 10.2 Å². The molecule has 112 valence electrons. The van der Waals surface area contributed by atoms with Gasteiger partial charge >= 0.3 is 0 Å². The van der Waals surface area contributed by atoms with E-state index in [1.807, 2.05) is 38.1 Å². The lowest BCUT2D eigenvalue weighted by Gasteiger charge is -2.22. The first-order valence-electron chi connectivity index (χ1n) is 7.24.